The summed E-state index contributed by atoms with van der Waals surface area (Å²) in [4.78, 5) is 0. The molecule has 0 aliphatic carbocycles. The second-order valence-electron chi connectivity index (χ2n) is 7.96. The van der Waals surface area contributed by atoms with Gasteiger partial charge in [-0.2, -0.15) is 0 Å². The molecule has 0 aromatic rings. The Morgan fingerprint density at radius 1 is 0.917 bits per heavy atom. The predicted molar refractivity (Wildman–Crippen MR) is 99.9 cm³/mol. The summed E-state index contributed by atoms with van der Waals surface area (Å²) < 4.78 is 0. The van der Waals surface area contributed by atoms with Crippen LogP contribution < -0.4 is 0 Å². The molecule has 0 spiro atoms. The van der Waals surface area contributed by atoms with Crippen molar-refractivity contribution in [3.63, 3.8) is 0 Å². The van der Waals surface area contributed by atoms with E-state index in [1.54, 1.807) is 0 Å². The largest absolute Gasteiger partial charge is 0.384 e. The number of hydrogen-bond acceptors (Lipinski definition) is 2. The molecule has 1 radical (unpaired) electrons. The van der Waals surface area contributed by atoms with Gasteiger partial charge in [0, 0.05) is 5.54 Å². The molecule has 24 heavy (non-hydrogen) atoms. The topological polar surface area (TPSA) is 43.4 Å². The van der Waals surface area contributed by atoms with Crippen molar-refractivity contribution < 1.29 is 10.3 Å². The molecule has 2 atom stereocenters. The third-order valence-corrected chi connectivity index (χ3v) is 5.59. The third-order valence-electron chi connectivity index (χ3n) is 5.59. The quantitative estimate of drug-likeness (QED) is 0.413. The second-order valence-corrected chi connectivity index (χ2v) is 7.96. The van der Waals surface area contributed by atoms with Crippen molar-refractivity contribution in [1.29, 1.82) is 0 Å². The zero-order valence-corrected chi connectivity index (χ0v) is 16.2. The molecule has 1 heterocycles. The van der Waals surface area contributed by atoms with Crippen molar-refractivity contribution >= 4 is 0 Å². The molecule has 3 nitrogen and oxygen atoms in total. The van der Waals surface area contributed by atoms with Gasteiger partial charge in [-0.1, -0.05) is 83.0 Å². The van der Waals surface area contributed by atoms with Crippen LogP contribution in [0.5, 0.6) is 0 Å². The van der Waals surface area contributed by atoms with Gasteiger partial charge in [0.25, 0.3) is 0 Å². The Balaban J connectivity index is 2.16. The second kappa shape index (κ2) is 11.1. The molecular weight excluding hydrogens is 298 g/mol. The first-order chi connectivity index (χ1) is 11.5. The lowest BCUT2D eigenvalue weighted by molar-refractivity contribution is -0.240. The molecule has 1 N–H and O–H groups in total. The molecule has 0 aromatic carbocycles. The van der Waals surface area contributed by atoms with E-state index in [0.29, 0.717) is 0 Å². The summed E-state index contributed by atoms with van der Waals surface area (Å²) in [6.07, 6.45) is 15.9. The van der Waals surface area contributed by atoms with Gasteiger partial charge < -0.3 is 5.11 Å². The minimum atomic E-state index is -0.615. The van der Waals surface area contributed by atoms with Gasteiger partial charge in [-0.3, -0.25) is 0 Å². The number of rotatable bonds is 11. The molecule has 0 aromatic heterocycles. The molecule has 1 saturated heterocycles. The van der Waals surface area contributed by atoms with E-state index in [9.17, 15) is 5.21 Å². The number of aliphatic hydroxyl groups is 1. The molecule has 1 aliphatic rings. The van der Waals surface area contributed by atoms with Crippen LogP contribution in [-0.2, 0) is 5.21 Å². The van der Waals surface area contributed by atoms with E-state index in [2.05, 4.69) is 25.7 Å². The fourth-order valence-electron chi connectivity index (χ4n) is 3.87. The van der Waals surface area contributed by atoms with Crippen LogP contribution in [0.25, 0.3) is 0 Å². The predicted octanol–water partition coefficient (Wildman–Crippen LogP) is 5.25. The number of hydrogen-bond donors (Lipinski definition) is 1. The molecule has 2 unspecified atom stereocenters. The van der Waals surface area contributed by atoms with E-state index in [0.717, 1.165) is 25.7 Å². The summed E-state index contributed by atoms with van der Waals surface area (Å²) in [7, 11) is 0. The highest BCUT2D eigenvalue weighted by Crippen LogP contribution is 2.42. The third kappa shape index (κ3) is 6.75. The summed E-state index contributed by atoms with van der Waals surface area (Å²) in [5.41, 5.74) is -0.894. The van der Waals surface area contributed by atoms with Crippen molar-refractivity contribution in [3.05, 3.63) is 0 Å². The molecule has 0 bridgehead atoms. The Morgan fingerprint density at radius 3 is 2.00 bits per heavy atom. The SMILES string of the molecule is CCCCCCCCCCCCC1(C)CCC(C)(C#CCO)N1[O]. The Hall–Kier alpha value is -0.560. The van der Waals surface area contributed by atoms with Crippen LogP contribution in [0.2, 0.25) is 0 Å². The Bertz CT molecular complexity index is 400. The van der Waals surface area contributed by atoms with Gasteiger partial charge in [0.15, 0.2) is 0 Å². The monoisotopic (exact) mass is 336 g/mol. The minimum absolute atomic E-state index is 0.168. The van der Waals surface area contributed by atoms with Crippen LogP contribution in [-0.4, -0.2) is 27.9 Å². The maximum absolute atomic E-state index is 12.7. The van der Waals surface area contributed by atoms with Crippen molar-refractivity contribution in [3.8, 4) is 11.8 Å². The summed E-state index contributed by atoms with van der Waals surface area (Å²) in [6.45, 7) is 6.08. The zero-order valence-electron chi connectivity index (χ0n) is 16.2. The molecule has 1 rings (SSSR count). The molecule has 139 valence electrons. The van der Waals surface area contributed by atoms with E-state index in [1.807, 2.05) is 6.92 Å². The van der Waals surface area contributed by atoms with Crippen LogP contribution in [0.3, 0.4) is 0 Å². The lowest BCUT2D eigenvalue weighted by atomic mass is 9.92. The maximum Gasteiger partial charge on any atom is 0.107 e. The zero-order chi connectivity index (χ0) is 17.9. The highest BCUT2D eigenvalue weighted by atomic mass is 16.5. The Morgan fingerprint density at radius 2 is 1.46 bits per heavy atom. The van der Waals surface area contributed by atoms with Crippen LogP contribution in [0.15, 0.2) is 0 Å². The van der Waals surface area contributed by atoms with Crippen LogP contribution in [0.4, 0.5) is 0 Å². The van der Waals surface area contributed by atoms with Gasteiger partial charge in [-0.25, -0.2) is 0 Å². The summed E-state index contributed by atoms with van der Waals surface area (Å²) in [6, 6.07) is 0. The maximum atomic E-state index is 12.7. The molecule has 0 amide bonds. The Kier molecular flexibility index (Phi) is 9.96. The molecule has 3 heteroatoms. The fraction of sp³-hybridized carbons (Fsp3) is 0.905. The standard InChI is InChI=1S/C21H38NO2/c1-4-5-6-7-8-9-10-11-12-13-15-20(2)17-18-21(3,22(20)24)16-14-19-23/h23H,4-13,15,17-19H2,1-3H3. The van der Waals surface area contributed by atoms with E-state index in [1.165, 1.54) is 62.9 Å². The fourth-order valence-corrected chi connectivity index (χ4v) is 3.87. The van der Waals surface area contributed by atoms with Crippen molar-refractivity contribution in [2.24, 2.45) is 0 Å². The minimum Gasteiger partial charge on any atom is -0.384 e. The smallest absolute Gasteiger partial charge is 0.107 e. The van der Waals surface area contributed by atoms with Crippen molar-refractivity contribution in [2.45, 2.75) is 115 Å². The first-order valence-electron chi connectivity index (χ1n) is 10.1. The number of hydroxylamine groups is 2. The first-order valence-corrected chi connectivity index (χ1v) is 10.1. The number of nitrogens with zero attached hydrogens (tertiary/aromatic N) is 1. The number of aliphatic hydroxyl groups excluding tert-OH is 1. The normalized spacial score (nSPS) is 27.2. The van der Waals surface area contributed by atoms with Gasteiger partial charge in [-0.05, 0) is 33.1 Å². The highest BCUT2D eigenvalue weighted by Gasteiger charge is 2.49. The van der Waals surface area contributed by atoms with Crippen LogP contribution in [0, 0.1) is 11.8 Å². The van der Waals surface area contributed by atoms with E-state index in [4.69, 9.17) is 5.11 Å². The van der Waals surface area contributed by atoms with Gasteiger partial charge in [0.2, 0.25) is 0 Å². The highest BCUT2D eigenvalue weighted by molar-refractivity contribution is 5.20. The van der Waals surface area contributed by atoms with Crippen molar-refractivity contribution in [2.75, 3.05) is 6.61 Å². The molecular formula is C21H38NO2. The van der Waals surface area contributed by atoms with E-state index < -0.39 is 5.54 Å². The first kappa shape index (κ1) is 21.5. The van der Waals surface area contributed by atoms with Crippen LogP contribution in [0.1, 0.15) is 104 Å². The number of unbranched alkanes of at least 4 members (excludes halogenated alkanes) is 9. The molecule has 1 aliphatic heterocycles. The Labute approximate surface area is 149 Å². The van der Waals surface area contributed by atoms with Gasteiger partial charge in [-0.15, -0.1) is 10.3 Å². The lowest BCUT2D eigenvalue weighted by Gasteiger charge is -2.34. The molecule has 0 saturated carbocycles. The van der Waals surface area contributed by atoms with Crippen LogP contribution >= 0.6 is 0 Å². The van der Waals surface area contributed by atoms with E-state index in [-0.39, 0.29) is 12.1 Å². The summed E-state index contributed by atoms with van der Waals surface area (Å²) in [5, 5.41) is 22.8. The molecule has 1 fully saturated rings. The van der Waals surface area contributed by atoms with Gasteiger partial charge in [0.1, 0.15) is 12.1 Å². The van der Waals surface area contributed by atoms with Gasteiger partial charge in [0.05, 0.1) is 0 Å². The lowest BCUT2D eigenvalue weighted by Crippen LogP contribution is -2.47. The summed E-state index contributed by atoms with van der Waals surface area (Å²) in [5.74, 6) is 5.64. The van der Waals surface area contributed by atoms with Crippen molar-refractivity contribution in [1.82, 2.24) is 5.06 Å². The summed E-state index contributed by atoms with van der Waals surface area (Å²) >= 11 is 0. The van der Waals surface area contributed by atoms with Gasteiger partial charge >= 0.3 is 0 Å². The average molecular weight is 337 g/mol. The van der Waals surface area contributed by atoms with E-state index >= 15 is 0 Å². The average Bonchev–Trinajstić information content (AvgIpc) is 2.80.